The molecule has 0 amide bonds. The van der Waals surface area contributed by atoms with Crippen LogP contribution in [-0.2, 0) is 0 Å². The van der Waals surface area contributed by atoms with E-state index in [-0.39, 0.29) is 0 Å². The number of rotatable bonds is 2. The van der Waals surface area contributed by atoms with E-state index in [2.05, 4.69) is 32.8 Å². The third kappa shape index (κ3) is 5.96. The Morgan fingerprint density at radius 3 is 1.71 bits per heavy atom. The van der Waals surface area contributed by atoms with Gasteiger partial charge >= 0.3 is 0 Å². The van der Waals surface area contributed by atoms with Gasteiger partial charge in [-0.25, -0.2) is 0 Å². The van der Waals surface area contributed by atoms with Gasteiger partial charge in [-0.1, -0.05) is 13.8 Å². The first-order valence-corrected chi connectivity index (χ1v) is 2.77. The lowest BCUT2D eigenvalue weighted by molar-refractivity contribution is 0.354. The molecule has 1 heteroatoms. The molecule has 0 rings (SSSR count). The van der Waals surface area contributed by atoms with Gasteiger partial charge in [0.1, 0.15) is 0 Å². The van der Waals surface area contributed by atoms with Crippen molar-refractivity contribution in [3.63, 3.8) is 0 Å². The summed E-state index contributed by atoms with van der Waals surface area (Å²) in [5, 5.41) is 0. The van der Waals surface area contributed by atoms with E-state index in [9.17, 15) is 0 Å². The first-order valence-electron chi connectivity index (χ1n) is 2.77. The van der Waals surface area contributed by atoms with Gasteiger partial charge in [-0.15, -0.1) is 0 Å². The van der Waals surface area contributed by atoms with E-state index < -0.39 is 0 Å². The second-order valence-electron chi connectivity index (χ2n) is 2.66. The molecule has 44 valence electrons. The van der Waals surface area contributed by atoms with Crippen LogP contribution in [0.1, 0.15) is 13.8 Å². The summed E-state index contributed by atoms with van der Waals surface area (Å²) >= 11 is 0. The van der Waals surface area contributed by atoms with Crippen LogP contribution in [-0.4, -0.2) is 25.5 Å². The highest BCUT2D eigenvalue weighted by Crippen LogP contribution is 1.90. The third-order valence-corrected chi connectivity index (χ3v) is 0.730. The predicted octanol–water partition coefficient (Wildman–Crippen LogP) is 1.20. The topological polar surface area (TPSA) is 3.24 Å². The second kappa shape index (κ2) is 3.03. The molecule has 0 aliphatic carbocycles. The monoisotopic (exact) mass is 102 g/mol. The minimum Gasteiger partial charge on any atom is -0.309 e. The minimum atomic E-state index is 0.801. The summed E-state index contributed by atoms with van der Waals surface area (Å²) in [4.78, 5) is 2.20. The number of hydrogen-bond acceptors (Lipinski definition) is 1. The van der Waals surface area contributed by atoms with Crippen LogP contribution in [0.3, 0.4) is 0 Å². The van der Waals surface area contributed by atoms with Gasteiger partial charge in [0.25, 0.3) is 0 Å². The van der Waals surface area contributed by atoms with Gasteiger partial charge < -0.3 is 4.90 Å². The van der Waals surface area contributed by atoms with Crippen molar-refractivity contribution in [2.24, 2.45) is 5.92 Å². The van der Waals surface area contributed by atoms with E-state index >= 15 is 0 Å². The van der Waals surface area contributed by atoms with Crippen LogP contribution < -0.4 is 0 Å². The fraction of sp³-hybridized carbons (Fsp3) is 1.00. The first kappa shape index (κ1) is 6.96. The van der Waals surface area contributed by atoms with E-state index in [0.717, 1.165) is 5.92 Å². The van der Waals surface area contributed by atoms with E-state index in [1.165, 1.54) is 6.54 Å². The van der Waals surface area contributed by atoms with Crippen molar-refractivity contribution >= 4 is 0 Å². The van der Waals surface area contributed by atoms with E-state index in [1.807, 2.05) is 0 Å². The van der Waals surface area contributed by atoms with Gasteiger partial charge in [0, 0.05) is 0 Å². The summed E-state index contributed by atoms with van der Waals surface area (Å²) in [6, 6.07) is 0. The fourth-order valence-electron chi connectivity index (χ4n) is 0.730. The van der Waals surface area contributed by atoms with Gasteiger partial charge in [-0.05, 0) is 26.6 Å². The molecule has 0 aromatic heterocycles. The summed E-state index contributed by atoms with van der Waals surface area (Å²) in [5.41, 5.74) is 0. The van der Waals surface area contributed by atoms with E-state index in [4.69, 9.17) is 0 Å². The van der Waals surface area contributed by atoms with E-state index in [1.54, 1.807) is 0 Å². The van der Waals surface area contributed by atoms with E-state index in [0.29, 0.717) is 0 Å². The molecule has 0 heterocycles. The molecule has 0 bridgehead atoms. The second-order valence-corrected chi connectivity index (χ2v) is 2.66. The van der Waals surface area contributed by atoms with Crippen LogP contribution in [0.5, 0.6) is 0 Å². The normalized spacial score (nSPS) is 11.1. The lowest BCUT2D eigenvalue weighted by Crippen LogP contribution is -2.17. The maximum atomic E-state index is 2.22. The number of nitrogens with zero attached hydrogens (tertiary/aromatic N) is 1. The summed E-state index contributed by atoms with van der Waals surface area (Å²) in [5.74, 6) is 0.801. The Kier molecular flexibility index (Phi) is 3.01. The lowest BCUT2D eigenvalue weighted by atomic mass is 10.2. The molecule has 0 N–H and O–H groups in total. The largest absolute Gasteiger partial charge is 0.309 e. The highest BCUT2D eigenvalue weighted by Gasteiger charge is 1.92. The molecule has 0 aliphatic heterocycles. The van der Waals surface area contributed by atoms with Crippen molar-refractivity contribution in [2.45, 2.75) is 13.8 Å². The molecule has 0 saturated carbocycles. The summed E-state index contributed by atoms with van der Waals surface area (Å²) in [6.07, 6.45) is 0. The molecule has 0 radical (unpaired) electrons. The zero-order chi connectivity index (χ0) is 5.86. The predicted molar refractivity (Wildman–Crippen MR) is 33.4 cm³/mol. The standard InChI is InChI=1S/C6H15N/c1-6(2)5-7(3)4/h6H,5H2,1-4H3/i7+1. The van der Waals surface area contributed by atoms with Gasteiger partial charge in [-0.3, -0.25) is 0 Å². The Morgan fingerprint density at radius 1 is 1.29 bits per heavy atom. The Morgan fingerprint density at radius 2 is 1.71 bits per heavy atom. The zero-order valence-corrected chi connectivity index (χ0v) is 5.73. The number of hydrogen-bond donors (Lipinski definition) is 0. The van der Waals surface area contributed by atoms with Gasteiger partial charge in [0.2, 0.25) is 0 Å². The van der Waals surface area contributed by atoms with Crippen molar-refractivity contribution in [1.29, 1.82) is 0 Å². The third-order valence-electron chi connectivity index (χ3n) is 0.730. The van der Waals surface area contributed by atoms with Crippen molar-refractivity contribution in [1.82, 2.24) is 4.90 Å². The minimum absolute atomic E-state index is 0.801. The molecule has 0 aliphatic rings. The lowest BCUT2D eigenvalue weighted by Gasteiger charge is -2.10. The summed E-state index contributed by atoms with van der Waals surface area (Å²) in [6.45, 7) is 5.64. The van der Waals surface area contributed by atoms with Crippen molar-refractivity contribution in [3.05, 3.63) is 0 Å². The fourth-order valence-corrected chi connectivity index (χ4v) is 0.730. The Labute approximate surface area is 46.3 Å². The van der Waals surface area contributed by atoms with Gasteiger partial charge in [0.15, 0.2) is 0 Å². The Balaban J connectivity index is 2.95. The van der Waals surface area contributed by atoms with Gasteiger partial charge in [-0.2, -0.15) is 0 Å². The van der Waals surface area contributed by atoms with Crippen LogP contribution in [0.4, 0.5) is 0 Å². The smallest absolute Gasteiger partial charge is 0.000172 e. The highest BCUT2D eigenvalue weighted by atomic mass is 15.8. The van der Waals surface area contributed by atoms with Crippen molar-refractivity contribution in [2.75, 3.05) is 20.6 Å². The Hall–Kier alpha value is -0.0400. The zero-order valence-electron chi connectivity index (χ0n) is 5.73. The molecular weight excluding hydrogens is 87.1 g/mol. The average molecular weight is 102 g/mol. The van der Waals surface area contributed by atoms with Crippen LogP contribution in [0, 0.1) is 5.92 Å². The SMILES string of the molecule is CC(C)C[15N](C)C. The molecule has 0 aromatic carbocycles. The maximum absolute atomic E-state index is 2.22. The van der Waals surface area contributed by atoms with Crippen molar-refractivity contribution < 1.29 is 0 Å². The molecule has 1 nitrogen and oxygen atoms in total. The van der Waals surface area contributed by atoms with Gasteiger partial charge in [0.05, 0.1) is 0 Å². The highest BCUT2D eigenvalue weighted by molar-refractivity contribution is 4.46. The maximum Gasteiger partial charge on any atom is -0.000172 e. The summed E-state index contributed by atoms with van der Waals surface area (Å²) in [7, 11) is 4.19. The molecular formula is C6H15N. The molecule has 0 fully saturated rings. The Bertz CT molecular complexity index is 33.4. The average Bonchev–Trinajstić information content (AvgIpc) is 1.27. The summed E-state index contributed by atoms with van der Waals surface area (Å²) < 4.78 is 0. The molecule has 0 unspecified atom stereocenters. The van der Waals surface area contributed by atoms with Crippen LogP contribution in [0.25, 0.3) is 0 Å². The quantitative estimate of drug-likeness (QED) is 0.474. The molecule has 0 spiro atoms. The first-order chi connectivity index (χ1) is 3.13. The van der Waals surface area contributed by atoms with Crippen LogP contribution >= 0.6 is 0 Å². The molecule has 0 aromatic rings. The van der Waals surface area contributed by atoms with Crippen LogP contribution in [0.15, 0.2) is 0 Å². The molecule has 7 heavy (non-hydrogen) atoms. The molecule has 0 saturated heterocycles. The molecule has 0 atom stereocenters. The van der Waals surface area contributed by atoms with Crippen molar-refractivity contribution in [3.8, 4) is 0 Å². The van der Waals surface area contributed by atoms with Crippen LogP contribution in [0.2, 0.25) is 0 Å².